The first-order chi connectivity index (χ1) is 10.7. The SMILES string of the molecule is CSCC(=O)Nc1ccc(Oc2nc3ccccc3s2)cc1. The fourth-order valence-corrected chi connectivity index (χ4v) is 3.10. The van der Waals surface area contributed by atoms with Crippen molar-refractivity contribution in [2.45, 2.75) is 0 Å². The molecular weight excluding hydrogens is 316 g/mol. The van der Waals surface area contributed by atoms with Gasteiger partial charge in [-0.15, -0.1) is 0 Å². The van der Waals surface area contributed by atoms with Crippen LogP contribution in [0.3, 0.4) is 0 Å². The van der Waals surface area contributed by atoms with E-state index in [2.05, 4.69) is 10.3 Å². The van der Waals surface area contributed by atoms with E-state index in [0.717, 1.165) is 15.9 Å². The molecule has 3 rings (SSSR count). The second kappa shape index (κ2) is 6.81. The summed E-state index contributed by atoms with van der Waals surface area (Å²) in [6, 6.07) is 15.2. The number of carbonyl (C=O) groups is 1. The number of benzene rings is 2. The lowest BCUT2D eigenvalue weighted by molar-refractivity contribution is -0.113. The van der Waals surface area contributed by atoms with Crippen molar-refractivity contribution < 1.29 is 9.53 Å². The Morgan fingerprint density at radius 2 is 2.00 bits per heavy atom. The highest BCUT2D eigenvalue weighted by Gasteiger charge is 2.06. The van der Waals surface area contributed by atoms with Gasteiger partial charge in [-0.2, -0.15) is 11.8 Å². The number of nitrogens with zero attached hydrogens (tertiary/aromatic N) is 1. The highest BCUT2D eigenvalue weighted by molar-refractivity contribution is 7.99. The standard InChI is InChI=1S/C16H14N2O2S2/c1-21-10-15(19)17-11-6-8-12(9-7-11)20-16-18-13-4-2-3-5-14(13)22-16/h2-9H,10H2,1H3,(H,17,19). The Bertz CT molecular complexity index is 751. The maximum Gasteiger partial charge on any atom is 0.279 e. The third-order valence-corrected chi connectivity index (χ3v) is 4.36. The molecule has 4 nitrogen and oxygen atoms in total. The van der Waals surface area contributed by atoms with Crippen LogP contribution < -0.4 is 10.1 Å². The number of para-hydroxylation sites is 1. The molecule has 0 aliphatic carbocycles. The van der Waals surface area contributed by atoms with Crippen LogP contribution in [0, 0.1) is 0 Å². The summed E-state index contributed by atoms with van der Waals surface area (Å²) in [5.41, 5.74) is 1.69. The largest absolute Gasteiger partial charge is 0.431 e. The number of amides is 1. The summed E-state index contributed by atoms with van der Waals surface area (Å²) >= 11 is 3.00. The number of anilines is 1. The molecule has 0 atom stereocenters. The van der Waals surface area contributed by atoms with E-state index in [9.17, 15) is 4.79 Å². The van der Waals surface area contributed by atoms with E-state index in [-0.39, 0.29) is 5.91 Å². The van der Waals surface area contributed by atoms with Crippen molar-refractivity contribution in [3.63, 3.8) is 0 Å². The van der Waals surface area contributed by atoms with Crippen LogP contribution in [0.5, 0.6) is 10.9 Å². The van der Waals surface area contributed by atoms with Gasteiger partial charge in [-0.3, -0.25) is 4.79 Å². The number of hydrogen-bond acceptors (Lipinski definition) is 5. The van der Waals surface area contributed by atoms with Crippen molar-refractivity contribution in [3.8, 4) is 10.9 Å². The molecule has 1 heterocycles. The Balaban J connectivity index is 1.69. The van der Waals surface area contributed by atoms with Crippen molar-refractivity contribution in [1.29, 1.82) is 0 Å². The number of carbonyl (C=O) groups excluding carboxylic acids is 1. The van der Waals surface area contributed by atoms with Crippen LogP contribution in [-0.4, -0.2) is 22.9 Å². The van der Waals surface area contributed by atoms with Gasteiger partial charge in [0, 0.05) is 5.69 Å². The minimum absolute atomic E-state index is 0.00709. The predicted octanol–water partition coefficient (Wildman–Crippen LogP) is 4.39. The van der Waals surface area contributed by atoms with E-state index in [1.165, 1.54) is 23.1 Å². The molecular formula is C16H14N2O2S2. The fraction of sp³-hybridized carbons (Fsp3) is 0.125. The zero-order valence-electron chi connectivity index (χ0n) is 11.9. The molecule has 0 saturated carbocycles. The molecule has 0 aliphatic rings. The molecule has 2 aromatic carbocycles. The van der Waals surface area contributed by atoms with E-state index >= 15 is 0 Å². The number of thioether (sulfide) groups is 1. The summed E-state index contributed by atoms with van der Waals surface area (Å²) in [4.78, 5) is 15.9. The maximum atomic E-state index is 11.5. The number of fused-ring (bicyclic) bond motifs is 1. The molecule has 1 aromatic heterocycles. The van der Waals surface area contributed by atoms with E-state index in [1.807, 2.05) is 54.8 Å². The lowest BCUT2D eigenvalue weighted by Gasteiger charge is -2.05. The van der Waals surface area contributed by atoms with Gasteiger partial charge in [0.1, 0.15) is 5.75 Å². The van der Waals surface area contributed by atoms with Crippen molar-refractivity contribution in [2.75, 3.05) is 17.3 Å². The first-order valence-corrected chi connectivity index (χ1v) is 8.88. The topological polar surface area (TPSA) is 51.2 Å². The van der Waals surface area contributed by atoms with Crippen LogP contribution in [-0.2, 0) is 4.79 Å². The van der Waals surface area contributed by atoms with Crippen molar-refractivity contribution in [1.82, 2.24) is 4.98 Å². The van der Waals surface area contributed by atoms with E-state index in [1.54, 1.807) is 0 Å². The number of ether oxygens (including phenoxy) is 1. The van der Waals surface area contributed by atoms with E-state index in [0.29, 0.717) is 16.7 Å². The van der Waals surface area contributed by atoms with Gasteiger partial charge in [0.25, 0.3) is 5.19 Å². The van der Waals surface area contributed by atoms with Crippen molar-refractivity contribution in [3.05, 3.63) is 48.5 Å². The lowest BCUT2D eigenvalue weighted by Crippen LogP contribution is -2.13. The monoisotopic (exact) mass is 330 g/mol. The van der Waals surface area contributed by atoms with E-state index in [4.69, 9.17) is 4.74 Å². The molecule has 3 aromatic rings. The van der Waals surface area contributed by atoms with Crippen LogP contribution in [0.2, 0.25) is 0 Å². The van der Waals surface area contributed by atoms with Crippen LogP contribution in [0.25, 0.3) is 10.2 Å². The highest BCUT2D eigenvalue weighted by atomic mass is 32.2. The zero-order valence-corrected chi connectivity index (χ0v) is 13.5. The zero-order chi connectivity index (χ0) is 15.4. The average Bonchev–Trinajstić information content (AvgIpc) is 2.91. The van der Waals surface area contributed by atoms with Crippen LogP contribution in [0.15, 0.2) is 48.5 Å². The average molecular weight is 330 g/mol. The quantitative estimate of drug-likeness (QED) is 0.754. The maximum absolute atomic E-state index is 11.5. The summed E-state index contributed by atoms with van der Waals surface area (Å²) in [5.74, 6) is 1.14. The lowest BCUT2D eigenvalue weighted by atomic mass is 10.3. The molecule has 22 heavy (non-hydrogen) atoms. The first-order valence-electron chi connectivity index (χ1n) is 6.67. The Morgan fingerprint density at radius 1 is 1.23 bits per heavy atom. The molecule has 0 aliphatic heterocycles. The molecule has 0 radical (unpaired) electrons. The Morgan fingerprint density at radius 3 is 2.73 bits per heavy atom. The molecule has 0 unspecified atom stereocenters. The van der Waals surface area contributed by atoms with Gasteiger partial charge in [0.2, 0.25) is 5.91 Å². The number of nitrogens with one attached hydrogen (secondary N) is 1. The highest BCUT2D eigenvalue weighted by Crippen LogP contribution is 2.31. The Labute approximate surface area is 136 Å². The predicted molar refractivity (Wildman–Crippen MR) is 93.1 cm³/mol. The second-order valence-electron chi connectivity index (χ2n) is 4.56. The van der Waals surface area contributed by atoms with Crippen LogP contribution >= 0.6 is 23.1 Å². The molecule has 0 bridgehead atoms. The molecule has 6 heteroatoms. The molecule has 0 fully saturated rings. The first kappa shape index (κ1) is 14.9. The van der Waals surface area contributed by atoms with E-state index < -0.39 is 0 Å². The van der Waals surface area contributed by atoms with Gasteiger partial charge in [0.05, 0.1) is 16.0 Å². The van der Waals surface area contributed by atoms with Crippen molar-refractivity contribution >= 4 is 44.9 Å². The summed E-state index contributed by atoms with van der Waals surface area (Å²) in [7, 11) is 0. The molecule has 1 amide bonds. The minimum Gasteiger partial charge on any atom is -0.431 e. The molecule has 0 saturated heterocycles. The molecule has 1 N–H and O–H groups in total. The van der Waals surface area contributed by atoms with Gasteiger partial charge in [0.15, 0.2) is 0 Å². The van der Waals surface area contributed by atoms with Gasteiger partial charge >= 0.3 is 0 Å². The number of rotatable bonds is 5. The smallest absolute Gasteiger partial charge is 0.279 e. The van der Waals surface area contributed by atoms with Gasteiger partial charge in [-0.05, 0) is 42.7 Å². The summed E-state index contributed by atoms with van der Waals surface area (Å²) in [6.07, 6.45) is 1.90. The Hall–Kier alpha value is -2.05. The minimum atomic E-state index is -0.00709. The summed E-state index contributed by atoms with van der Waals surface area (Å²) in [6.45, 7) is 0. The molecule has 0 spiro atoms. The second-order valence-corrected chi connectivity index (χ2v) is 6.41. The summed E-state index contributed by atoms with van der Waals surface area (Å²) in [5, 5.41) is 3.44. The third kappa shape index (κ3) is 3.58. The number of aromatic nitrogens is 1. The fourth-order valence-electron chi connectivity index (χ4n) is 1.93. The van der Waals surface area contributed by atoms with Crippen LogP contribution in [0.4, 0.5) is 5.69 Å². The Kier molecular flexibility index (Phi) is 4.60. The number of hydrogen-bond donors (Lipinski definition) is 1. The van der Waals surface area contributed by atoms with Gasteiger partial charge in [-0.1, -0.05) is 23.5 Å². The third-order valence-electron chi connectivity index (χ3n) is 2.89. The van der Waals surface area contributed by atoms with Crippen LogP contribution in [0.1, 0.15) is 0 Å². The normalized spacial score (nSPS) is 10.6. The van der Waals surface area contributed by atoms with Crippen molar-refractivity contribution in [2.24, 2.45) is 0 Å². The van der Waals surface area contributed by atoms with Gasteiger partial charge in [-0.25, -0.2) is 4.98 Å². The van der Waals surface area contributed by atoms with Gasteiger partial charge < -0.3 is 10.1 Å². The summed E-state index contributed by atoms with van der Waals surface area (Å²) < 4.78 is 6.86. The molecule has 112 valence electrons. The number of thiazole rings is 1.